The highest BCUT2D eigenvalue weighted by Crippen LogP contribution is 2.25. The molecule has 0 aromatic carbocycles. The van der Waals surface area contributed by atoms with E-state index < -0.39 is 0 Å². The summed E-state index contributed by atoms with van der Waals surface area (Å²) in [6, 6.07) is 2.21. The van der Waals surface area contributed by atoms with Crippen molar-refractivity contribution in [3.05, 3.63) is 18.0 Å². The van der Waals surface area contributed by atoms with Crippen LogP contribution in [0.3, 0.4) is 0 Å². The van der Waals surface area contributed by atoms with E-state index in [0.29, 0.717) is 12.6 Å². The lowest BCUT2D eigenvalue weighted by atomic mass is 9.87. The molecule has 0 aliphatic rings. The molecule has 1 aromatic heterocycles. The maximum Gasteiger partial charge on any atom is 0.225 e. The zero-order valence-corrected chi connectivity index (χ0v) is 10.9. The predicted octanol–water partition coefficient (Wildman–Crippen LogP) is 1.81. The van der Waals surface area contributed by atoms with Crippen LogP contribution in [0.25, 0.3) is 0 Å². The highest BCUT2D eigenvalue weighted by Gasteiger charge is 2.25. The molecule has 1 aromatic rings. The molecule has 1 rings (SSSR count). The van der Waals surface area contributed by atoms with Crippen molar-refractivity contribution in [2.24, 2.45) is 11.1 Å². The highest BCUT2D eigenvalue weighted by atomic mass is 15.3. The minimum atomic E-state index is 0.191. The molecule has 1 heterocycles. The van der Waals surface area contributed by atoms with E-state index >= 15 is 0 Å². The third-order valence-corrected chi connectivity index (χ3v) is 3.06. The fourth-order valence-corrected chi connectivity index (χ4v) is 1.42. The van der Waals surface area contributed by atoms with Gasteiger partial charge in [0.2, 0.25) is 5.95 Å². The van der Waals surface area contributed by atoms with E-state index in [2.05, 4.69) is 42.6 Å². The summed E-state index contributed by atoms with van der Waals surface area (Å²) >= 11 is 0. The molecule has 0 saturated carbocycles. The lowest BCUT2D eigenvalue weighted by Crippen LogP contribution is -2.40. The van der Waals surface area contributed by atoms with Crippen molar-refractivity contribution in [1.82, 2.24) is 9.97 Å². The monoisotopic (exact) mass is 222 g/mol. The molecule has 1 unspecified atom stereocenters. The number of nitrogens with zero attached hydrogens (tertiary/aromatic N) is 3. The van der Waals surface area contributed by atoms with Gasteiger partial charge in [-0.3, -0.25) is 0 Å². The number of aromatic nitrogens is 2. The molecule has 0 radical (unpaired) electrons. The van der Waals surface area contributed by atoms with Crippen molar-refractivity contribution in [1.29, 1.82) is 0 Å². The van der Waals surface area contributed by atoms with Crippen LogP contribution in [-0.4, -0.2) is 23.1 Å². The Morgan fingerprint density at radius 1 is 1.44 bits per heavy atom. The number of hydrogen-bond acceptors (Lipinski definition) is 4. The number of anilines is 1. The quantitative estimate of drug-likeness (QED) is 0.847. The van der Waals surface area contributed by atoms with Gasteiger partial charge >= 0.3 is 0 Å². The summed E-state index contributed by atoms with van der Waals surface area (Å²) < 4.78 is 0. The summed E-state index contributed by atoms with van der Waals surface area (Å²) in [6.07, 6.45) is 1.76. The van der Waals surface area contributed by atoms with Crippen molar-refractivity contribution < 1.29 is 0 Å². The second kappa shape index (κ2) is 4.78. The first-order chi connectivity index (χ1) is 7.36. The van der Waals surface area contributed by atoms with Crippen molar-refractivity contribution >= 4 is 5.95 Å². The number of hydrogen-bond donors (Lipinski definition) is 1. The van der Waals surface area contributed by atoms with E-state index in [0.717, 1.165) is 11.6 Å². The molecule has 4 heteroatoms. The lowest BCUT2D eigenvalue weighted by molar-refractivity contribution is 0.327. The average molecular weight is 222 g/mol. The minimum absolute atomic E-state index is 0.191. The second-order valence-electron chi connectivity index (χ2n) is 5.21. The van der Waals surface area contributed by atoms with Crippen molar-refractivity contribution in [3.63, 3.8) is 0 Å². The van der Waals surface area contributed by atoms with Crippen LogP contribution in [-0.2, 0) is 6.54 Å². The Balaban J connectivity index is 2.91. The fourth-order valence-electron chi connectivity index (χ4n) is 1.42. The SMILES string of the molecule is CC(N(C)c1nccc(CN)n1)C(C)(C)C. The Morgan fingerprint density at radius 3 is 2.56 bits per heavy atom. The summed E-state index contributed by atoms with van der Waals surface area (Å²) in [4.78, 5) is 10.8. The van der Waals surface area contributed by atoms with E-state index in [-0.39, 0.29) is 5.41 Å². The molecule has 1 atom stereocenters. The Morgan fingerprint density at radius 2 is 2.06 bits per heavy atom. The van der Waals surface area contributed by atoms with Gasteiger partial charge in [0.25, 0.3) is 0 Å². The van der Waals surface area contributed by atoms with Gasteiger partial charge < -0.3 is 10.6 Å². The molecule has 0 spiro atoms. The molecule has 4 nitrogen and oxygen atoms in total. The molecule has 0 saturated heterocycles. The van der Waals surface area contributed by atoms with Crippen LogP contribution in [0.4, 0.5) is 5.95 Å². The first kappa shape index (κ1) is 12.9. The molecule has 90 valence electrons. The summed E-state index contributed by atoms with van der Waals surface area (Å²) in [5.41, 5.74) is 6.64. The predicted molar refractivity (Wildman–Crippen MR) is 67.2 cm³/mol. The van der Waals surface area contributed by atoms with E-state index in [4.69, 9.17) is 5.73 Å². The van der Waals surface area contributed by atoms with E-state index in [9.17, 15) is 0 Å². The average Bonchev–Trinajstić information content (AvgIpc) is 2.26. The Kier molecular flexibility index (Phi) is 3.86. The molecular weight excluding hydrogens is 200 g/mol. The zero-order chi connectivity index (χ0) is 12.3. The third kappa shape index (κ3) is 2.92. The van der Waals surface area contributed by atoms with Crippen molar-refractivity contribution in [2.45, 2.75) is 40.3 Å². The molecule has 0 fully saturated rings. The molecule has 16 heavy (non-hydrogen) atoms. The maximum absolute atomic E-state index is 5.57. The Labute approximate surface area is 97.9 Å². The van der Waals surface area contributed by atoms with E-state index in [1.165, 1.54) is 0 Å². The first-order valence-electron chi connectivity index (χ1n) is 5.61. The van der Waals surface area contributed by atoms with Crippen LogP contribution in [0.1, 0.15) is 33.4 Å². The summed E-state index contributed by atoms with van der Waals surface area (Å²) in [7, 11) is 2.02. The molecule has 0 aliphatic carbocycles. The van der Waals surface area contributed by atoms with Crippen molar-refractivity contribution in [3.8, 4) is 0 Å². The minimum Gasteiger partial charge on any atom is -0.341 e. The Bertz CT molecular complexity index is 343. The number of nitrogens with two attached hydrogens (primary N) is 1. The highest BCUT2D eigenvalue weighted by molar-refractivity contribution is 5.31. The topological polar surface area (TPSA) is 55.0 Å². The smallest absolute Gasteiger partial charge is 0.225 e. The van der Waals surface area contributed by atoms with E-state index in [1.54, 1.807) is 6.20 Å². The molecule has 0 bridgehead atoms. The summed E-state index contributed by atoms with van der Waals surface area (Å²) in [5, 5.41) is 0. The first-order valence-corrected chi connectivity index (χ1v) is 5.61. The normalized spacial score (nSPS) is 13.6. The van der Waals surface area contributed by atoms with Gasteiger partial charge in [-0.05, 0) is 18.4 Å². The van der Waals surface area contributed by atoms with Gasteiger partial charge in [0.05, 0.1) is 5.69 Å². The van der Waals surface area contributed by atoms with Gasteiger partial charge in [-0.15, -0.1) is 0 Å². The summed E-state index contributed by atoms with van der Waals surface area (Å²) in [5.74, 6) is 0.741. The zero-order valence-electron chi connectivity index (χ0n) is 10.9. The van der Waals surface area contributed by atoms with E-state index in [1.807, 2.05) is 13.1 Å². The standard InChI is InChI=1S/C12H22N4/c1-9(12(2,3)4)16(5)11-14-7-6-10(8-13)15-11/h6-7,9H,8,13H2,1-5H3. The van der Waals surface area contributed by atoms with Gasteiger partial charge in [-0.2, -0.15) is 0 Å². The number of rotatable bonds is 3. The third-order valence-electron chi connectivity index (χ3n) is 3.06. The largest absolute Gasteiger partial charge is 0.341 e. The molecule has 2 N–H and O–H groups in total. The molecular formula is C12H22N4. The van der Waals surface area contributed by atoms with Gasteiger partial charge in [0, 0.05) is 25.8 Å². The van der Waals surface area contributed by atoms with Crippen molar-refractivity contribution in [2.75, 3.05) is 11.9 Å². The summed E-state index contributed by atoms with van der Waals surface area (Å²) in [6.45, 7) is 9.26. The van der Waals surface area contributed by atoms with Gasteiger partial charge in [-0.25, -0.2) is 9.97 Å². The Hall–Kier alpha value is -1.16. The van der Waals surface area contributed by atoms with Crippen LogP contribution in [0.5, 0.6) is 0 Å². The lowest BCUT2D eigenvalue weighted by Gasteiger charge is -2.35. The van der Waals surface area contributed by atoms with Crippen LogP contribution in [0.15, 0.2) is 12.3 Å². The maximum atomic E-state index is 5.57. The second-order valence-corrected chi connectivity index (χ2v) is 5.21. The van der Waals surface area contributed by atoms with Crippen LogP contribution >= 0.6 is 0 Å². The fraction of sp³-hybridized carbons (Fsp3) is 0.667. The van der Waals surface area contributed by atoms with Gasteiger partial charge in [-0.1, -0.05) is 20.8 Å². The molecule has 0 aliphatic heterocycles. The van der Waals surface area contributed by atoms with Crippen LogP contribution in [0.2, 0.25) is 0 Å². The molecule has 0 amide bonds. The van der Waals surface area contributed by atoms with Gasteiger partial charge in [0.15, 0.2) is 0 Å². The van der Waals surface area contributed by atoms with Gasteiger partial charge in [0.1, 0.15) is 0 Å². The van der Waals surface area contributed by atoms with Crippen LogP contribution < -0.4 is 10.6 Å². The van der Waals surface area contributed by atoms with Crippen LogP contribution in [0, 0.1) is 5.41 Å².